The summed E-state index contributed by atoms with van der Waals surface area (Å²) >= 11 is 0. The van der Waals surface area contributed by atoms with Crippen LogP contribution in [0.2, 0.25) is 0 Å². The number of ether oxygens (including phenoxy) is 2. The Morgan fingerprint density at radius 3 is 2.53 bits per heavy atom. The minimum absolute atomic E-state index is 0.141. The first-order valence-electron chi connectivity index (χ1n) is 5.92. The first-order chi connectivity index (χ1) is 8.03. The van der Waals surface area contributed by atoms with Crippen molar-refractivity contribution in [3.63, 3.8) is 0 Å². The molecule has 0 aromatic rings. The summed E-state index contributed by atoms with van der Waals surface area (Å²) in [6.07, 6.45) is -1.69. The van der Waals surface area contributed by atoms with E-state index in [2.05, 4.69) is 10.1 Å². The Bertz CT molecular complexity index is 205. The van der Waals surface area contributed by atoms with E-state index in [1.54, 1.807) is 0 Å². The molecule has 0 aromatic heterocycles. The van der Waals surface area contributed by atoms with Crippen LogP contribution < -0.4 is 5.32 Å². The van der Waals surface area contributed by atoms with Gasteiger partial charge in [0.2, 0.25) is 0 Å². The zero-order valence-corrected chi connectivity index (χ0v) is 10.1. The van der Waals surface area contributed by atoms with Crippen LogP contribution >= 0.6 is 0 Å². The SMILES string of the molecule is CNC(CCOCC(F)(F)F)C1CCOCC1. The van der Waals surface area contributed by atoms with Crippen molar-refractivity contribution in [2.45, 2.75) is 31.5 Å². The number of hydrogen-bond acceptors (Lipinski definition) is 3. The molecule has 102 valence electrons. The van der Waals surface area contributed by atoms with Crippen LogP contribution in [0.25, 0.3) is 0 Å². The maximum atomic E-state index is 11.9. The fourth-order valence-electron chi connectivity index (χ4n) is 2.13. The predicted octanol–water partition coefficient (Wildman–Crippen LogP) is 1.97. The molecule has 1 N–H and O–H groups in total. The van der Waals surface area contributed by atoms with Crippen LogP contribution in [0.15, 0.2) is 0 Å². The van der Waals surface area contributed by atoms with Crippen molar-refractivity contribution in [2.24, 2.45) is 5.92 Å². The minimum Gasteiger partial charge on any atom is -0.381 e. The molecule has 0 aliphatic carbocycles. The van der Waals surface area contributed by atoms with E-state index in [4.69, 9.17) is 4.74 Å². The molecule has 1 aliphatic rings. The van der Waals surface area contributed by atoms with Gasteiger partial charge in [0.15, 0.2) is 0 Å². The first kappa shape index (κ1) is 14.7. The molecular weight excluding hydrogens is 235 g/mol. The van der Waals surface area contributed by atoms with Crippen LogP contribution in [0.5, 0.6) is 0 Å². The Morgan fingerprint density at radius 2 is 2.00 bits per heavy atom. The molecule has 1 saturated heterocycles. The molecule has 1 aliphatic heterocycles. The van der Waals surface area contributed by atoms with E-state index in [1.807, 2.05) is 7.05 Å². The van der Waals surface area contributed by atoms with Crippen LogP contribution in [0.1, 0.15) is 19.3 Å². The van der Waals surface area contributed by atoms with Crippen LogP contribution in [-0.2, 0) is 9.47 Å². The molecule has 0 bridgehead atoms. The molecule has 1 heterocycles. The standard InChI is InChI=1S/C11H20F3NO2/c1-15-10(9-2-5-16-6-3-9)4-7-17-8-11(12,13)14/h9-10,15H,2-8H2,1H3. The molecule has 0 aromatic carbocycles. The van der Waals surface area contributed by atoms with Gasteiger partial charge in [-0.3, -0.25) is 0 Å². The van der Waals surface area contributed by atoms with Gasteiger partial charge in [-0.1, -0.05) is 0 Å². The molecule has 0 spiro atoms. The maximum absolute atomic E-state index is 11.9. The quantitative estimate of drug-likeness (QED) is 0.736. The lowest BCUT2D eigenvalue weighted by Gasteiger charge is -2.30. The lowest BCUT2D eigenvalue weighted by atomic mass is 9.90. The monoisotopic (exact) mass is 255 g/mol. The fraction of sp³-hybridized carbons (Fsp3) is 1.00. The number of alkyl halides is 3. The molecule has 0 radical (unpaired) electrons. The summed E-state index contributed by atoms with van der Waals surface area (Å²) < 4.78 is 45.5. The molecule has 17 heavy (non-hydrogen) atoms. The molecule has 0 amide bonds. The van der Waals surface area contributed by atoms with Crippen molar-refractivity contribution < 1.29 is 22.6 Å². The molecule has 1 fully saturated rings. The van der Waals surface area contributed by atoms with Gasteiger partial charge in [0.25, 0.3) is 0 Å². The molecule has 6 heteroatoms. The minimum atomic E-state index is -4.23. The van der Waals surface area contributed by atoms with E-state index in [-0.39, 0.29) is 12.6 Å². The van der Waals surface area contributed by atoms with Gasteiger partial charge in [-0.05, 0) is 32.2 Å². The lowest BCUT2D eigenvalue weighted by Crippen LogP contribution is -2.38. The molecule has 1 atom stereocenters. The van der Waals surface area contributed by atoms with Gasteiger partial charge in [0.1, 0.15) is 6.61 Å². The zero-order valence-electron chi connectivity index (χ0n) is 10.1. The van der Waals surface area contributed by atoms with Crippen molar-refractivity contribution in [1.29, 1.82) is 0 Å². The van der Waals surface area contributed by atoms with E-state index >= 15 is 0 Å². The van der Waals surface area contributed by atoms with E-state index < -0.39 is 12.8 Å². The number of nitrogens with one attached hydrogen (secondary N) is 1. The van der Waals surface area contributed by atoms with E-state index in [0.29, 0.717) is 12.3 Å². The second kappa shape index (κ2) is 7.18. The smallest absolute Gasteiger partial charge is 0.381 e. The number of halogens is 3. The summed E-state index contributed by atoms with van der Waals surface area (Å²) in [6.45, 7) is 0.470. The van der Waals surface area contributed by atoms with Crippen LogP contribution in [0, 0.1) is 5.92 Å². The van der Waals surface area contributed by atoms with Crippen molar-refractivity contribution in [3.05, 3.63) is 0 Å². The maximum Gasteiger partial charge on any atom is 0.411 e. The molecule has 0 saturated carbocycles. The number of hydrogen-bond donors (Lipinski definition) is 1. The van der Waals surface area contributed by atoms with Crippen molar-refractivity contribution in [3.8, 4) is 0 Å². The average Bonchev–Trinajstić information content (AvgIpc) is 2.29. The first-order valence-corrected chi connectivity index (χ1v) is 5.92. The summed E-state index contributed by atoms with van der Waals surface area (Å²) in [6, 6.07) is 0.215. The Balaban J connectivity index is 2.18. The van der Waals surface area contributed by atoms with Gasteiger partial charge >= 0.3 is 6.18 Å². The summed E-state index contributed by atoms with van der Waals surface area (Å²) in [4.78, 5) is 0. The summed E-state index contributed by atoms with van der Waals surface area (Å²) in [5.74, 6) is 0.475. The number of rotatable bonds is 6. The fourth-order valence-corrected chi connectivity index (χ4v) is 2.13. The second-order valence-corrected chi connectivity index (χ2v) is 4.30. The summed E-state index contributed by atoms with van der Waals surface area (Å²) in [5, 5.41) is 3.15. The molecule has 1 unspecified atom stereocenters. The van der Waals surface area contributed by atoms with E-state index in [0.717, 1.165) is 26.1 Å². The van der Waals surface area contributed by atoms with E-state index in [9.17, 15) is 13.2 Å². The highest BCUT2D eigenvalue weighted by Crippen LogP contribution is 2.21. The predicted molar refractivity (Wildman–Crippen MR) is 57.9 cm³/mol. The highest BCUT2D eigenvalue weighted by Gasteiger charge is 2.28. The zero-order chi connectivity index (χ0) is 12.7. The second-order valence-electron chi connectivity index (χ2n) is 4.30. The largest absolute Gasteiger partial charge is 0.411 e. The third-order valence-electron chi connectivity index (χ3n) is 3.04. The van der Waals surface area contributed by atoms with Crippen molar-refractivity contribution >= 4 is 0 Å². The third kappa shape index (κ3) is 6.24. The van der Waals surface area contributed by atoms with Gasteiger partial charge < -0.3 is 14.8 Å². The average molecular weight is 255 g/mol. The van der Waals surface area contributed by atoms with Gasteiger partial charge in [0.05, 0.1) is 0 Å². The molecular formula is C11H20F3NO2. The third-order valence-corrected chi connectivity index (χ3v) is 3.04. The van der Waals surface area contributed by atoms with Gasteiger partial charge in [0, 0.05) is 25.9 Å². The van der Waals surface area contributed by atoms with Crippen LogP contribution in [0.4, 0.5) is 13.2 Å². The normalized spacial score (nSPS) is 20.5. The van der Waals surface area contributed by atoms with Crippen LogP contribution in [-0.4, -0.2) is 45.7 Å². The topological polar surface area (TPSA) is 30.5 Å². The Kier molecular flexibility index (Phi) is 6.22. The summed E-state index contributed by atoms with van der Waals surface area (Å²) in [7, 11) is 1.84. The highest BCUT2D eigenvalue weighted by molar-refractivity contribution is 4.77. The Morgan fingerprint density at radius 1 is 1.35 bits per heavy atom. The van der Waals surface area contributed by atoms with Gasteiger partial charge in [-0.2, -0.15) is 13.2 Å². The molecule has 3 nitrogen and oxygen atoms in total. The van der Waals surface area contributed by atoms with Crippen LogP contribution in [0.3, 0.4) is 0 Å². The van der Waals surface area contributed by atoms with Gasteiger partial charge in [-0.15, -0.1) is 0 Å². The molecule has 1 rings (SSSR count). The van der Waals surface area contributed by atoms with Crippen molar-refractivity contribution in [1.82, 2.24) is 5.32 Å². The Labute approximate surface area is 99.7 Å². The highest BCUT2D eigenvalue weighted by atomic mass is 19.4. The van der Waals surface area contributed by atoms with Gasteiger partial charge in [-0.25, -0.2) is 0 Å². The van der Waals surface area contributed by atoms with E-state index in [1.165, 1.54) is 0 Å². The lowest BCUT2D eigenvalue weighted by molar-refractivity contribution is -0.174. The van der Waals surface area contributed by atoms with Crippen molar-refractivity contribution in [2.75, 3.05) is 33.5 Å². The summed E-state index contributed by atoms with van der Waals surface area (Å²) in [5.41, 5.74) is 0. The Hall–Kier alpha value is -0.330.